The molecule has 0 aromatic heterocycles. The number of hydrogen-bond donors (Lipinski definition) is 3. The first-order valence-electron chi connectivity index (χ1n) is 55.4. The van der Waals surface area contributed by atoms with E-state index in [-0.39, 0.29) is 56.8 Å². The van der Waals surface area contributed by atoms with E-state index >= 15 is 0 Å². The molecule has 1 aromatic carbocycles. The molecule has 0 radical (unpaired) electrons. The van der Waals surface area contributed by atoms with Gasteiger partial charge in [-0.15, -0.1) is 0 Å². The van der Waals surface area contributed by atoms with Crippen molar-refractivity contribution in [1.29, 1.82) is 21.0 Å². The fourth-order valence-corrected chi connectivity index (χ4v) is 41.9. The highest BCUT2D eigenvalue weighted by atomic mass is 35.5. The highest BCUT2D eigenvalue weighted by molar-refractivity contribution is 6.67. The second-order valence-electron chi connectivity index (χ2n) is 52.5. The van der Waals surface area contributed by atoms with Crippen LogP contribution >= 0.6 is 11.6 Å². The van der Waals surface area contributed by atoms with Gasteiger partial charge in [-0.2, -0.15) is 21.0 Å². The lowest BCUT2D eigenvalue weighted by molar-refractivity contribution is -0.154. The topological polar surface area (TPSA) is 190 Å². The monoisotopic (exact) mass is 1820 g/mol. The van der Waals surface area contributed by atoms with Crippen molar-refractivity contribution in [2.24, 2.45) is 238 Å². The smallest absolute Gasteiger partial charge is 0.252 e. The largest absolute Gasteiger partial charge is 0.393 e. The van der Waals surface area contributed by atoms with Crippen molar-refractivity contribution in [3.05, 3.63) is 35.9 Å². The third kappa shape index (κ3) is 17.6. The Labute approximate surface area is 808 Å². The summed E-state index contributed by atoms with van der Waals surface area (Å²) in [6.07, 6.45) is 57.3. The number of benzene rings is 1. The second kappa shape index (κ2) is 40.7. The molecular weight excluding hydrogens is 1620 g/mol. The summed E-state index contributed by atoms with van der Waals surface area (Å²) >= 11 is 5.16. The van der Waals surface area contributed by atoms with Gasteiger partial charge in [0.2, 0.25) is 0 Å². The number of aliphatic hydroxyl groups is 3. The molecule has 131 heavy (non-hydrogen) atoms. The number of nitriles is 4. The summed E-state index contributed by atoms with van der Waals surface area (Å²) in [5.41, 5.74) is 4.29. The van der Waals surface area contributed by atoms with Gasteiger partial charge in [0.05, 0.1) is 66.3 Å². The Bertz CT molecular complexity index is 3890. The van der Waals surface area contributed by atoms with E-state index in [2.05, 4.69) is 142 Å². The van der Waals surface area contributed by atoms with Gasteiger partial charge < -0.3 is 15.3 Å². The van der Waals surface area contributed by atoms with E-state index in [4.69, 9.17) is 11.6 Å². The van der Waals surface area contributed by atoms with Crippen LogP contribution in [0.2, 0.25) is 0 Å². The Kier molecular flexibility index (Phi) is 32.7. The molecule has 20 aliphatic carbocycles. The molecule has 3 N–H and O–H groups in total. The Morgan fingerprint density at radius 3 is 1.01 bits per heavy atom. The number of hydrogen-bond acceptors (Lipinski definition) is 9. The van der Waals surface area contributed by atoms with Gasteiger partial charge in [-0.25, -0.2) is 0 Å². The molecule has 10 heteroatoms. The predicted octanol–water partition coefficient (Wildman–Crippen LogP) is 31.8. The van der Waals surface area contributed by atoms with Crippen LogP contribution in [0, 0.1) is 283 Å². The maximum Gasteiger partial charge on any atom is 0.252 e. The molecule has 20 saturated carbocycles. The van der Waals surface area contributed by atoms with Gasteiger partial charge in [-0.3, -0.25) is 9.59 Å². The first kappa shape index (κ1) is 105. The lowest BCUT2D eigenvalue weighted by Crippen LogP contribution is -2.56. The molecule has 21 rings (SSSR count). The van der Waals surface area contributed by atoms with Gasteiger partial charge >= 0.3 is 0 Å². The fourth-order valence-electron chi connectivity index (χ4n) is 41.7. The standard InChI is InChI=1S/2C23H37N.2C22H35NO.C21H34O2.C7H5ClO.3CH4/c1-5-17-15(2)10-12-23(4)19(17)9-7-18-20-8-6-16(14-24)22(20,3)13-11-21(18)23;1-5-16-13-23(4)17(12-15(16)2)6-8-19-20-9-7-18(14-24)22(20,3)11-10-21(19)23;1-4-15-17-8-6-16-18-7-5-14(13-23)21(18,2)11-9-19(16)22(17,3)12-10-20(15)24;1-4-14-12-22(3)15(11-20(14)24)5-7-17-18-8-6-16(13-23)21(18,2)10-9-19(17)22;1-4-13-15-6-5-14-16-7-8-19(23)21(16,3)11-9-17(14)20(15,2)12-10-18(13)22;8-7(9)6-4-2-1-3-5-6;;;/h2*15-21H,5-13H2,1-4H3;2*14-20,24H,4-12H2,1-3H3;13-18,22H,4-12H2,1-3H3;1-5H;3*1H4/t15-,16-,17+,18+,19+,20+,21+,22-,23+;15-,16-,17-,18+,19-,20-,21-,22+,23-;14-,15-,16+,17+,18+,19+,20-,21-,22+;14-,15-,16+,17-,18-,19-,20-,21+,22-;13-,14+,15+,16+,17+,18-,20+,21+;;;;/m10101..../s1. The van der Waals surface area contributed by atoms with Crippen LogP contribution in [0.4, 0.5) is 0 Å². The Morgan fingerprint density at radius 2 is 0.649 bits per heavy atom. The average molecular weight is 1820 g/mol. The van der Waals surface area contributed by atoms with Crippen LogP contribution in [-0.4, -0.2) is 44.7 Å². The highest BCUT2D eigenvalue weighted by Gasteiger charge is 2.68. The van der Waals surface area contributed by atoms with E-state index in [9.17, 15) is 46.0 Å². The Morgan fingerprint density at radius 1 is 0.336 bits per heavy atom. The van der Waals surface area contributed by atoms with Crippen LogP contribution in [0.1, 0.15) is 439 Å². The number of rotatable bonds is 6. The minimum Gasteiger partial charge on any atom is -0.393 e. The number of Topliss-reactive ketones (excluding diaryl/α,β-unsaturated/α-hetero) is 1. The summed E-state index contributed by atoms with van der Waals surface area (Å²) in [5.74, 6) is 23.9. The molecule has 0 bridgehead atoms. The third-order valence-electron chi connectivity index (χ3n) is 49.1. The summed E-state index contributed by atoms with van der Waals surface area (Å²) in [6.45, 7) is 41.8. The van der Waals surface area contributed by atoms with Crippen LogP contribution in [-0.2, 0) is 4.79 Å². The summed E-state index contributed by atoms with van der Waals surface area (Å²) in [4.78, 5) is 22.9. The molecule has 1 aromatic rings. The summed E-state index contributed by atoms with van der Waals surface area (Å²) in [7, 11) is 0. The lowest BCUT2D eigenvalue weighted by Gasteiger charge is -2.62. The van der Waals surface area contributed by atoms with Gasteiger partial charge in [-0.1, -0.05) is 202 Å². The van der Waals surface area contributed by atoms with E-state index in [0.29, 0.717) is 103 Å². The van der Waals surface area contributed by atoms with Crippen LogP contribution in [0.25, 0.3) is 0 Å². The zero-order chi connectivity index (χ0) is 91.5. The van der Waals surface area contributed by atoms with E-state index in [0.717, 1.165) is 201 Å². The first-order valence-corrected chi connectivity index (χ1v) is 55.8. The van der Waals surface area contributed by atoms with Crippen molar-refractivity contribution >= 4 is 22.6 Å². The first-order chi connectivity index (χ1) is 61.0. The van der Waals surface area contributed by atoms with Crippen LogP contribution in [0.3, 0.4) is 0 Å². The van der Waals surface area contributed by atoms with Crippen LogP contribution in [0.15, 0.2) is 30.3 Å². The van der Waals surface area contributed by atoms with Crippen molar-refractivity contribution in [2.75, 3.05) is 0 Å². The van der Waals surface area contributed by atoms with Gasteiger partial charge in [0.25, 0.3) is 5.24 Å². The molecule has 0 amide bonds. The zero-order valence-electron chi connectivity index (χ0n) is 84.2. The minimum atomic E-state index is -0.407. The Hall–Kier alpha value is -3.31. The molecule has 44 atom stereocenters. The zero-order valence-corrected chi connectivity index (χ0v) is 84.9. The number of nitrogens with zero attached hydrogens (tertiary/aromatic N) is 4. The molecule has 0 spiro atoms. The van der Waals surface area contributed by atoms with Crippen molar-refractivity contribution < 1.29 is 24.9 Å². The van der Waals surface area contributed by atoms with Crippen LogP contribution < -0.4 is 0 Å². The summed E-state index contributed by atoms with van der Waals surface area (Å²) in [5, 5.41) is 69.7. The minimum absolute atomic E-state index is 0. The molecule has 0 saturated heterocycles. The molecule has 9 nitrogen and oxygen atoms in total. The van der Waals surface area contributed by atoms with Crippen LogP contribution in [0.5, 0.6) is 0 Å². The summed E-state index contributed by atoms with van der Waals surface area (Å²) < 4.78 is 0. The molecule has 20 fully saturated rings. The number of carbonyl (C=O) groups is 2. The van der Waals surface area contributed by atoms with E-state index in [1.54, 1.807) is 24.3 Å². The highest BCUT2D eigenvalue weighted by Crippen LogP contribution is 2.75. The molecule has 736 valence electrons. The average Bonchev–Trinajstić information content (AvgIpc) is 1.71. The molecule has 0 unspecified atom stereocenters. The van der Waals surface area contributed by atoms with Gasteiger partial charge in [0.1, 0.15) is 5.78 Å². The lowest BCUT2D eigenvalue weighted by atomic mass is 9.42. The second-order valence-corrected chi connectivity index (χ2v) is 52.8. The normalized spacial score (nSPS) is 52.0. The van der Waals surface area contributed by atoms with E-state index in [1.165, 1.54) is 218 Å². The van der Waals surface area contributed by atoms with Crippen molar-refractivity contribution in [2.45, 2.75) is 447 Å². The quantitative estimate of drug-likeness (QED) is 0.233. The molecular formula is C121H195ClN4O5. The van der Waals surface area contributed by atoms with Gasteiger partial charge in [0, 0.05) is 17.4 Å². The maximum atomic E-state index is 12.5. The number of ketones is 1. The number of carbonyl (C=O) groups excluding carboxylic acids is 2. The maximum absolute atomic E-state index is 12.5. The summed E-state index contributed by atoms with van der Waals surface area (Å²) in [6, 6.07) is 19.4. The number of halogens is 1. The fraction of sp³-hybridized carbons (Fsp3) is 0.901. The molecule has 0 heterocycles. The molecule has 20 aliphatic rings. The van der Waals surface area contributed by atoms with E-state index < -0.39 is 5.24 Å². The van der Waals surface area contributed by atoms with E-state index in [1.807, 2.05) is 6.07 Å². The SMILES string of the molecule is C.C.C.CC[C@H]1C[C@@]2(C)[C@@H](CC[C@@H]3[C@@H]2CC[C@]2(C)[C@@H](C#N)CC[C@@H]32)C[C@@H]1C.CC[C@H]1C[C@@]2(C)[C@@H](CC[C@@H]3[C@@H]2CC[C@]2(C)[C@@H](C#N)CC[C@@H]32)C[C@@H]1O.CC[C@H]1[C@H](C)CC[C@]2(C)[C@H]3CC[C@]4(C)[C@@H](C#N)CC[C@H]4[C@@H]3CC[C@@H]12.CC[C@H]1[C@H](O)CC[C@]2(C)[C@H]3CC[C@]4(C)C(=O)CC[C@H]4[C@@H]3CC[C@@H]12.CC[C@H]1[C@H](O)CC[C@]2(C)[C@H]3CC[C@]4(C)[C@@H](C#N)CC[C@H]4[C@@H]3CC[C@@H]12.O=C(Cl)c1ccccc1. The van der Waals surface area contributed by atoms with Gasteiger partial charge in [0.15, 0.2) is 0 Å². The van der Waals surface area contributed by atoms with Crippen molar-refractivity contribution in [1.82, 2.24) is 0 Å². The Balaban J connectivity index is 0.000000135. The predicted molar refractivity (Wildman–Crippen MR) is 539 cm³/mol. The number of aliphatic hydroxyl groups excluding tert-OH is 3. The molecule has 0 aliphatic heterocycles. The van der Waals surface area contributed by atoms with Crippen molar-refractivity contribution in [3.63, 3.8) is 0 Å². The third-order valence-corrected chi connectivity index (χ3v) is 49.3. The van der Waals surface area contributed by atoms with Gasteiger partial charge in [-0.05, 0) is 471 Å². The number of fused-ring (bicyclic) bond motifs is 25. The van der Waals surface area contributed by atoms with Crippen molar-refractivity contribution in [3.8, 4) is 24.3 Å².